The first-order valence-corrected chi connectivity index (χ1v) is 25.5. The van der Waals surface area contributed by atoms with E-state index >= 15 is 0 Å². The number of anilines is 4. The molecule has 0 amide bonds. The molecule has 0 unspecified atom stereocenters. The second-order valence-corrected chi connectivity index (χ2v) is 24.5. The summed E-state index contributed by atoms with van der Waals surface area (Å²) < 4.78 is 9.27. The van der Waals surface area contributed by atoms with Crippen molar-refractivity contribution >= 4 is 44.6 Å². The molecule has 0 atom stereocenters. The van der Waals surface area contributed by atoms with Crippen LogP contribution in [0.4, 0.5) is 22.7 Å². The molecule has 0 bridgehead atoms. The minimum absolute atomic E-state index is 0. The first-order chi connectivity index (χ1) is 33.9. The molecule has 376 valence electrons. The van der Waals surface area contributed by atoms with Crippen molar-refractivity contribution in [1.29, 1.82) is 0 Å². The Morgan fingerprint density at radius 3 is 1.75 bits per heavy atom. The third-order valence-electron chi connectivity index (χ3n) is 14.6. The molecule has 2 aromatic heterocycles. The van der Waals surface area contributed by atoms with E-state index in [4.69, 9.17) is 9.72 Å². The van der Waals surface area contributed by atoms with E-state index < -0.39 is 0 Å². The summed E-state index contributed by atoms with van der Waals surface area (Å²) in [7, 11) is 0. The molecular weight excluding hydrogens is 1070 g/mol. The van der Waals surface area contributed by atoms with Gasteiger partial charge in [-0.3, -0.25) is 0 Å². The predicted octanol–water partition coefficient (Wildman–Crippen LogP) is 18.2. The molecule has 5 nitrogen and oxygen atoms in total. The van der Waals surface area contributed by atoms with Gasteiger partial charge in [0.2, 0.25) is 0 Å². The van der Waals surface area contributed by atoms with Gasteiger partial charge in [0.25, 0.3) is 0 Å². The maximum Gasteiger partial charge on any atom is 0.135 e. The Hall–Kier alpha value is -6.42. The second-order valence-electron chi connectivity index (χ2n) is 24.5. The van der Waals surface area contributed by atoms with E-state index in [0.29, 0.717) is 11.5 Å². The molecule has 0 radical (unpaired) electrons. The van der Waals surface area contributed by atoms with Crippen LogP contribution in [0.1, 0.15) is 130 Å². The van der Waals surface area contributed by atoms with Gasteiger partial charge in [-0.1, -0.05) is 187 Å². The van der Waals surface area contributed by atoms with E-state index in [1.807, 2.05) is 6.20 Å². The van der Waals surface area contributed by atoms with E-state index in [9.17, 15) is 0 Å². The summed E-state index contributed by atoms with van der Waals surface area (Å²) in [5.41, 5.74) is 15.3. The number of hydrogen-bond donors (Lipinski definition) is 0. The van der Waals surface area contributed by atoms with Crippen LogP contribution < -0.4 is 14.5 Å². The number of nitrogens with zero attached hydrogens (tertiary/aromatic N) is 4. The van der Waals surface area contributed by atoms with Gasteiger partial charge in [0.15, 0.2) is 0 Å². The molecule has 6 heteroatoms. The molecule has 0 saturated carbocycles. The quantitative estimate of drug-likeness (QED) is 0.142. The number of rotatable bonds is 8. The third-order valence-corrected chi connectivity index (χ3v) is 14.6. The van der Waals surface area contributed by atoms with E-state index in [-0.39, 0.29) is 48.1 Å². The summed E-state index contributed by atoms with van der Waals surface area (Å²) in [6.07, 6.45) is 1.93. The number of pyridine rings is 1. The fourth-order valence-corrected chi connectivity index (χ4v) is 9.91. The molecule has 10 rings (SSSR count). The Bertz CT molecular complexity index is 3490. The first-order valence-electron chi connectivity index (χ1n) is 25.5. The van der Waals surface area contributed by atoms with Crippen molar-refractivity contribution in [2.75, 3.05) is 9.80 Å². The molecule has 0 saturated heterocycles. The average Bonchev–Trinajstić information content (AvgIpc) is 3.89. The van der Waals surface area contributed by atoms with Gasteiger partial charge in [0.05, 0.1) is 0 Å². The number of fused-ring (bicyclic) bond motifs is 4. The van der Waals surface area contributed by atoms with Crippen molar-refractivity contribution in [3.8, 4) is 28.4 Å². The molecule has 0 spiro atoms. The minimum Gasteiger partial charge on any atom is -0.509 e. The van der Waals surface area contributed by atoms with Gasteiger partial charge in [-0.15, -0.1) is 53.6 Å². The van der Waals surface area contributed by atoms with Crippen LogP contribution in [0.5, 0.6) is 11.5 Å². The van der Waals surface area contributed by atoms with Crippen LogP contribution in [0.2, 0.25) is 0 Å². The molecule has 3 heterocycles. The van der Waals surface area contributed by atoms with Crippen LogP contribution in [0.3, 0.4) is 0 Å². The molecule has 0 N–H and O–H groups in total. The molecule has 9 aromatic rings. The number of hydrogen-bond acceptors (Lipinski definition) is 4. The first kappa shape index (κ1) is 51.5. The van der Waals surface area contributed by atoms with Gasteiger partial charge in [0.1, 0.15) is 5.82 Å². The van der Waals surface area contributed by atoms with Gasteiger partial charge < -0.3 is 19.1 Å². The predicted molar refractivity (Wildman–Crippen MR) is 303 cm³/mol. The van der Waals surface area contributed by atoms with Gasteiger partial charge >= 0.3 is 0 Å². The van der Waals surface area contributed by atoms with Gasteiger partial charge in [0, 0.05) is 66.8 Å². The summed E-state index contributed by atoms with van der Waals surface area (Å²) in [5.74, 6) is 2.08. The maximum atomic E-state index is 7.02. The molecule has 7 aromatic carbocycles. The summed E-state index contributed by atoms with van der Waals surface area (Å²) >= 11 is 0. The average molecular weight is 1140 g/mol. The zero-order chi connectivity index (χ0) is 51.1. The largest absolute Gasteiger partial charge is 0.509 e. The van der Waals surface area contributed by atoms with Crippen LogP contribution in [0, 0.1) is 18.8 Å². The normalized spacial score (nSPS) is 13.4. The van der Waals surface area contributed by atoms with Gasteiger partial charge in [-0.2, -0.15) is 6.07 Å². The molecule has 1 aliphatic rings. The monoisotopic (exact) mass is 1140 g/mol. The van der Waals surface area contributed by atoms with Gasteiger partial charge in [-0.05, 0) is 108 Å². The maximum absolute atomic E-state index is 7.02. The van der Waals surface area contributed by atoms with Crippen molar-refractivity contribution in [3.05, 3.63) is 210 Å². The molecule has 0 aliphatic carbocycles. The number of benzene rings is 7. The molecule has 73 heavy (non-hydrogen) atoms. The van der Waals surface area contributed by atoms with Crippen LogP contribution in [0.25, 0.3) is 38.8 Å². The van der Waals surface area contributed by atoms with Crippen molar-refractivity contribution in [1.82, 2.24) is 9.55 Å². The summed E-state index contributed by atoms with van der Waals surface area (Å²) in [6, 6.07) is 62.9. The Labute approximate surface area is 449 Å². The summed E-state index contributed by atoms with van der Waals surface area (Å²) in [4.78, 5) is 9.63. The molecule has 1 aliphatic heterocycles. The van der Waals surface area contributed by atoms with Crippen molar-refractivity contribution in [3.63, 3.8) is 0 Å². The number of ether oxygens (including phenoxy) is 1. The molecular formula is C67H69N4OPt-3. The van der Waals surface area contributed by atoms with E-state index in [0.717, 1.165) is 50.6 Å². The summed E-state index contributed by atoms with van der Waals surface area (Å²) in [5, 5.41) is 2.27. The SMILES string of the molecule is CC(C)(C)c1cc(Oc2[c-]c3c(cc2)c2cc(C(C)(C)C)ccc2n3-c2cc(C(C)(C)C)ccn2)[c-]c(N2[CH-]N(c3cc(-c4ccccc4)cc(C(C)(C)C)c3)c3ccc(C(C)(C)c4ccccc4)cc32)c1.[Pt]. The van der Waals surface area contributed by atoms with E-state index in [2.05, 4.69) is 282 Å². The van der Waals surface area contributed by atoms with Crippen LogP contribution in [-0.2, 0) is 48.1 Å². The molecule has 0 fully saturated rings. The number of aromatic nitrogens is 2. The van der Waals surface area contributed by atoms with Crippen LogP contribution >= 0.6 is 0 Å². The zero-order valence-corrected chi connectivity index (χ0v) is 47.4. The van der Waals surface area contributed by atoms with E-state index in [1.165, 1.54) is 44.3 Å². The van der Waals surface area contributed by atoms with Crippen LogP contribution in [0.15, 0.2) is 158 Å². The van der Waals surface area contributed by atoms with Crippen molar-refractivity contribution < 1.29 is 25.8 Å². The summed E-state index contributed by atoms with van der Waals surface area (Å²) in [6.45, 7) is 34.1. The van der Waals surface area contributed by atoms with Gasteiger partial charge in [-0.25, -0.2) is 4.98 Å². The topological polar surface area (TPSA) is 33.5 Å². The Kier molecular flexibility index (Phi) is 13.3. The standard InChI is InChI=1S/C67H69N4O.Pt/c1-63(2,3)47-25-29-58-57(38-47)56-28-27-54(42-60(56)71(58)62-40-48(31-32-68-62)64(4,5)6)72-55-37-51(66(10,11)12)36-53(41-55)70-43-69(52-34-45(44-21-17-15-18-22-44)33-50(35-52)65(7,8)9)59-30-26-49(39-61(59)70)67(13,14)46-23-19-16-20-24-46;/h15-40,43H,1-14H3;/q-3;. The second kappa shape index (κ2) is 18.8. The minimum atomic E-state index is -0.262. The Morgan fingerprint density at radius 2 is 1.08 bits per heavy atom. The van der Waals surface area contributed by atoms with Crippen LogP contribution in [-0.4, -0.2) is 9.55 Å². The smallest absolute Gasteiger partial charge is 0.135 e. The van der Waals surface area contributed by atoms with Crippen molar-refractivity contribution in [2.45, 2.75) is 124 Å². The zero-order valence-electron chi connectivity index (χ0n) is 45.1. The van der Waals surface area contributed by atoms with Crippen molar-refractivity contribution in [2.24, 2.45) is 0 Å². The third kappa shape index (κ3) is 10.0. The Balaban J connectivity index is 0.00000656. The Morgan fingerprint density at radius 1 is 0.452 bits per heavy atom. The fraction of sp³-hybridized carbons (Fsp3) is 0.284. The fourth-order valence-electron chi connectivity index (χ4n) is 9.91. The van der Waals surface area contributed by atoms with E-state index in [1.54, 1.807) is 0 Å².